The molecule has 4 heteroatoms. The smallest absolute Gasteiger partial charge is 0.0711 e. The van der Waals surface area contributed by atoms with Crippen molar-refractivity contribution in [3.05, 3.63) is 0 Å². The van der Waals surface area contributed by atoms with Crippen LogP contribution in [0, 0.1) is 0 Å². The minimum absolute atomic E-state index is 0.432. The van der Waals surface area contributed by atoms with Gasteiger partial charge in [0.2, 0.25) is 0 Å². The van der Waals surface area contributed by atoms with Gasteiger partial charge in [0.25, 0.3) is 0 Å². The van der Waals surface area contributed by atoms with Crippen molar-refractivity contribution >= 4 is 0 Å². The molecule has 3 aliphatic heterocycles. The molecule has 3 saturated heterocycles. The number of methoxy groups -OCH3 is 1. The van der Waals surface area contributed by atoms with Crippen LogP contribution in [-0.4, -0.2) is 74.4 Å². The molecule has 18 heavy (non-hydrogen) atoms. The molecule has 0 radical (unpaired) electrons. The van der Waals surface area contributed by atoms with Gasteiger partial charge in [0.15, 0.2) is 0 Å². The number of nitrogens with one attached hydrogen (secondary N) is 1. The highest BCUT2D eigenvalue weighted by Crippen LogP contribution is 2.28. The first-order chi connectivity index (χ1) is 8.76. The van der Waals surface area contributed by atoms with Crippen LogP contribution >= 0.6 is 0 Å². The Balaban J connectivity index is 1.52. The predicted molar refractivity (Wildman–Crippen MR) is 72.8 cm³/mol. The molecule has 3 fully saturated rings. The van der Waals surface area contributed by atoms with E-state index in [1.807, 2.05) is 7.11 Å². The number of ether oxygens (including phenoxy) is 1. The Morgan fingerprint density at radius 2 is 2.06 bits per heavy atom. The molecular weight excluding hydrogens is 226 g/mol. The van der Waals surface area contributed by atoms with E-state index in [-0.39, 0.29) is 0 Å². The van der Waals surface area contributed by atoms with Crippen molar-refractivity contribution in [1.82, 2.24) is 15.1 Å². The normalized spacial score (nSPS) is 42.3. The number of fused-ring (bicyclic) bond motifs is 2. The summed E-state index contributed by atoms with van der Waals surface area (Å²) >= 11 is 0. The third kappa shape index (κ3) is 2.57. The van der Waals surface area contributed by atoms with Gasteiger partial charge in [-0.3, -0.25) is 4.90 Å². The number of nitrogens with zero attached hydrogens (tertiary/aromatic N) is 2. The Labute approximate surface area is 111 Å². The maximum Gasteiger partial charge on any atom is 0.0711 e. The predicted octanol–water partition coefficient (Wildman–Crippen LogP) is 0.532. The first-order valence-electron chi connectivity index (χ1n) is 7.46. The number of rotatable bonds is 3. The van der Waals surface area contributed by atoms with Gasteiger partial charge in [-0.15, -0.1) is 0 Å². The second kappa shape index (κ2) is 5.45. The molecule has 3 rings (SSSR count). The molecule has 0 aliphatic carbocycles. The number of hydrogen-bond acceptors (Lipinski definition) is 4. The van der Waals surface area contributed by atoms with Gasteiger partial charge in [-0.1, -0.05) is 0 Å². The van der Waals surface area contributed by atoms with Gasteiger partial charge in [-0.25, -0.2) is 0 Å². The molecule has 4 unspecified atom stereocenters. The highest BCUT2D eigenvalue weighted by Gasteiger charge is 2.35. The van der Waals surface area contributed by atoms with Crippen LogP contribution in [0.15, 0.2) is 0 Å². The van der Waals surface area contributed by atoms with E-state index in [0.29, 0.717) is 12.1 Å². The zero-order valence-corrected chi connectivity index (χ0v) is 11.8. The Kier molecular flexibility index (Phi) is 3.89. The lowest BCUT2D eigenvalue weighted by Crippen LogP contribution is -2.42. The molecule has 0 aromatic heterocycles. The summed E-state index contributed by atoms with van der Waals surface area (Å²) in [6.45, 7) is 4.78. The largest absolute Gasteiger partial charge is 0.380 e. The minimum Gasteiger partial charge on any atom is -0.380 e. The van der Waals surface area contributed by atoms with Crippen LogP contribution in [0.5, 0.6) is 0 Å². The van der Waals surface area contributed by atoms with Gasteiger partial charge in [0.1, 0.15) is 0 Å². The van der Waals surface area contributed by atoms with Crippen molar-refractivity contribution in [3.63, 3.8) is 0 Å². The quantitative estimate of drug-likeness (QED) is 0.794. The van der Waals surface area contributed by atoms with Crippen molar-refractivity contribution in [2.45, 2.75) is 49.9 Å². The molecule has 1 N–H and O–H groups in total. The molecule has 104 valence electrons. The molecule has 2 bridgehead atoms. The molecule has 4 atom stereocenters. The SMILES string of the molecule is COC1CNC(CN2CCC3CCC(C2)N3C)C1. The first-order valence-corrected chi connectivity index (χ1v) is 7.46. The van der Waals surface area contributed by atoms with E-state index < -0.39 is 0 Å². The number of likely N-dealkylation sites (tertiary alicyclic amines) is 1. The monoisotopic (exact) mass is 253 g/mol. The summed E-state index contributed by atoms with van der Waals surface area (Å²) in [5.74, 6) is 0. The lowest BCUT2D eigenvalue weighted by Gasteiger charge is -2.27. The van der Waals surface area contributed by atoms with Gasteiger partial charge >= 0.3 is 0 Å². The van der Waals surface area contributed by atoms with Crippen molar-refractivity contribution in [1.29, 1.82) is 0 Å². The second-order valence-electron chi connectivity index (χ2n) is 6.30. The number of hydrogen-bond donors (Lipinski definition) is 1. The average molecular weight is 253 g/mol. The van der Waals surface area contributed by atoms with Crippen LogP contribution < -0.4 is 5.32 Å². The summed E-state index contributed by atoms with van der Waals surface area (Å²) < 4.78 is 5.43. The van der Waals surface area contributed by atoms with Crippen LogP contribution in [0.3, 0.4) is 0 Å². The summed E-state index contributed by atoms with van der Waals surface area (Å²) in [4.78, 5) is 5.30. The van der Waals surface area contributed by atoms with Gasteiger partial charge < -0.3 is 15.0 Å². The van der Waals surface area contributed by atoms with Gasteiger partial charge in [0, 0.05) is 44.9 Å². The van der Waals surface area contributed by atoms with Crippen molar-refractivity contribution in [3.8, 4) is 0 Å². The summed E-state index contributed by atoms with van der Waals surface area (Å²) in [5.41, 5.74) is 0. The van der Waals surface area contributed by atoms with Gasteiger partial charge in [-0.05, 0) is 39.3 Å². The Hall–Kier alpha value is -0.160. The topological polar surface area (TPSA) is 27.7 Å². The fraction of sp³-hybridized carbons (Fsp3) is 1.00. The third-order valence-electron chi connectivity index (χ3n) is 5.23. The zero-order valence-electron chi connectivity index (χ0n) is 11.8. The van der Waals surface area contributed by atoms with E-state index in [1.54, 1.807) is 0 Å². The lowest BCUT2D eigenvalue weighted by molar-refractivity contribution is 0.115. The van der Waals surface area contributed by atoms with Crippen LogP contribution in [0.4, 0.5) is 0 Å². The molecule has 3 heterocycles. The summed E-state index contributed by atoms with van der Waals surface area (Å²) in [6.07, 6.45) is 5.78. The molecule has 0 saturated carbocycles. The molecule has 0 amide bonds. The van der Waals surface area contributed by atoms with E-state index in [4.69, 9.17) is 4.74 Å². The standard InChI is InChI=1S/C14H27N3O/c1-16-12-3-4-13(16)10-17(6-5-12)9-11-7-14(18-2)8-15-11/h11-15H,3-10H2,1-2H3. The third-order valence-corrected chi connectivity index (χ3v) is 5.23. The van der Waals surface area contributed by atoms with Crippen molar-refractivity contribution in [2.75, 3.05) is 40.3 Å². The fourth-order valence-electron chi connectivity index (χ4n) is 3.96. The van der Waals surface area contributed by atoms with E-state index in [9.17, 15) is 0 Å². The van der Waals surface area contributed by atoms with Crippen LogP contribution in [-0.2, 0) is 4.74 Å². The van der Waals surface area contributed by atoms with Gasteiger partial charge in [-0.2, -0.15) is 0 Å². The highest BCUT2D eigenvalue weighted by atomic mass is 16.5. The van der Waals surface area contributed by atoms with Crippen LogP contribution in [0.25, 0.3) is 0 Å². The summed E-state index contributed by atoms with van der Waals surface area (Å²) in [7, 11) is 4.15. The van der Waals surface area contributed by atoms with E-state index in [0.717, 1.165) is 18.6 Å². The summed E-state index contributed by atoms with van der Waals surface area (Å²) in [5, 5.41) is 3.60. The maximum atomic E-state index is 5.43. The molecule has 0 aromatic rings. The molecule has 0 aromatic carbocycles. The summed E-state index contributed by atoms with van der Waals surface area (Å²) in [6, 6.07) is 2.29. The van der Waals surface area contributed by atoms with Crippen molar-refractivity contribution < 1.29 is 4.74 Å². The molecule has 0 spiro atoms. The molecular formula is C14H27N3O. The lowest BCUT2D eigenvalue weighted by atomic mass is 10.1. The average Bonchev–Trinajstić information content (AvgIpc) is 2.89. The Morgan fingerprint density at radius 1 is 1.22 bits per heavy atom. The van der Waals surface area contributed by atoms with Crippen LogP contribution in [0.1, 0.15) is 25.7 Å². The second-order valence-corrected chi connectivity index (χ2v) is 6.30. The van der Waals surface area contributed by atoms with E-state index >= 15 is 0 Å². The fourth-order valence-corrected chi connectivity index (χ4v) is 3.96. The zero-order chi connectivity index (χ0) is 12.5. The highest BCUT2D eigenvalue weighted by molar-refractivity contribution is 4.93. The molecule has 3 aliphatic rings. The maximum absolute atomic E-state index is 5.43. The number of likely N-dealkylation sites (N-methyl/N-ethyl adjacent to an activating group) is 1. The first kappa shape index (κ1) is 12.9. The Morgan fingerprint density at radius 3 is 2.83 bits per heavy atom. The minimum atomic E-state index is 0.432. The molecule has 4 nitrogen and oxygen atoms in total. The van der Waals surface area contributed by atoms with Gasteiger partial charge in [0.05, 0.1) is 6.10 Å². The van der Waals surface area contributed by atoms with Crippen LogP contribution in [0.2, 0.25) is 0 Å². The van der Waals surface area contributed by atoms with E-state index in [1.165, 1.54) is 45.3 Å². The van der Waals surface area contributed by atoms with E-state index in [2.05, 4.69) is 22.2 Å². The van der Waals surface area contributed by atoms with Crippen molar-refractivity contribution in [2.24, 2.45) is 0 Å². The Bertz CT molecular complexity index is 286.